The molecule has 13 heteroatoms. The van der Waals surface area contributed by atoms with Crippen LogP contribution in [0.15, 0.2) is 55.3 Å². The third-order valence-electron chi connectivity index (χ3n) is 6.99. The molecule has 5 aromatic heterocycles. The highest BCUT2D eigenvalue weighted by Gasteiger charge is 2.26. The predicted molar refractivity (Wildman–Crippen MR) is 150 cm³/mol. The highest BCUT2D eigenvalue weighted by Crippen LogP contribution is 2.41. The summed E-state index contributed by atoms with van der Waals surface area (Å²) >= 11 is 0. The van der Waals surface area contributed by atoms with Crippen molar-refractivity contribution in [1.82, 2.24) is 43.9 Å². The Morgan fingerprint density at radius 3 is 2.82 bits per heavy atom. The molecule has 1 aliphatic rings. The largest absolute Gasteiger partial charge is 0.393 e. The highest BCUT2D eigenvalue weighted by molar-refractivity contribution is 7.28. The molecule has 0 saturated heterocycles. The van der Waals surface area contributed by atoms with Gasteiger partial charge in [-0.3, -0.25) is 9.36 Å². The second-order valence-corrected chi connectivity index (χ2v) is 10.5. The second-order valence-electron chi connectivity index (χ2n) is 9.94. The monoisotopic (exact) mass is 543 g/mol. The summed E-state index contributed by atoms with van der Waals surface area (Å²) in [6.07, 6.45) is 13.2. The Bertz CT molecular complexity index is 1740. The Hall–Kier alpha value is -4.28. The van der Waals surface area contributed by atoms with Crippen molar-refractivity contribution in [1.29, 1.82) is 0 Å². The fraction of sp³-hybridized carbons (Fsp3) is 0.269. The van der Waals surface area contributed by atoms with Crippen LogP contribution in [0.1, 0.15) is 47.1 Å². The zero-order valence-electron chi connectivity index (χ0n) is 21.7. The molecule has 1 amide bonds. The van der Waals surface area contributed by atoms with Crippen LogP contribution in [-0.2, 0) is 17.9 Å². The summed E-state index contributed by atoms with van der Waals surface area (Å²) < 4.78 is 5.88. The minimum atomic E-state index is -0.431. The second kappa shape index (κ2) is 9.79. The number of imidazole rings is 2. The Morgan fingerprint density at radius 2 is 2.08 bits per heavy atom. The van der Waals surface area contributed by atoms with Crippen molar-refractivity contribution in [3.8, 4) is 5.69 Å². The van der Waals surface area contributed by atoms with Crippen molar-refractivity contribution in [3.05, 3.63) is 83.6 Å². The van der Waals surface area contributed by atoms with Gasteiger partial charge in [0.05, 0.1) is 42.0 Å². The van der Waals surface area contributed by atoms with Gasteiger partial charge in [0.2, 0.25) is 0 Å². The SMILES string of the molecule is Cc1ccn2cnc(CNC(=O)/C(N)=C/N(N)Cc3cn4cc(C5CC5)cc(-n5cnnc5C)c4n3)c2c1P. The first-order valence-corrected chi connectivity index (χ1v) is 13.2. The molecule has 5 heterocycles. The molecule has 5 N–H and O–H groups in total. The van der Waals surface area contributed by atoms with Crippen LogP contribution in [-0.4, -0.2) is 44.4 Å². The Morgan fingerprint density at radius 1 is 1.26 bits per heavy atom. The molecule has 1 unspecified atom stereocenters. The number of carbonyl (C=O) groups is 1. The molecule has 12 nitrogen and oxygen atoms in total. The number of hydrogen-bond donors (Lipinski definition) is 3. The lowest BCUT2D eigenvalue weighted by molar-refractivity contribution is -0.117. The van der Waals surface area contributed by atoms with Crippen LogP contribution in [0, 0.1) is 13.8 Å². The number of fused-ring (bicyclic) bond motifs is 2. The highest BCUT2D eigenvalue weighted by atomic mass is 31.0. The molecule has 0 spiro atoms. The summed E-state index contributed by atoms with van der Waals surface area (Å²) in [6.45, 7) is 4.44. The van der Waals surface area contributed by atoms with E-state index in [0.717, 1.165) is 44.9 Å². The molecule has 0 radical (unpaired) electrons. The average molecular weight is 544 g/mol. The molecular formula is C26H30N11OP. The van der Waals surface area contributed by atoms with Crippen molar-refractivity contribution in [3.63, 3.8) is 0 Å². The standard InChI is InChI=1S/C26H30N11OP/c1-15-5-6-34-13-30-21(23(34)24(15)39)8-29-26(38)20(27)12-36(28)11-19-10-35-9-18(17-3-4-17)7-22(25(35)32-19)37-14-31-33-16(37)2/h5-7,9-10,12-14,17H,3-4,8,11,27-28,39H2,1-2H3,(H,29,38)/b20-12-. The zero-order chi connectivity index (χ0) is 27.3. The van der Waals surface area contributed by atoms with Gasteiger partial charge in [0.25, 0.3) is 5.91 Å². The molecule has 39 heavy (non-hydrogen) atoms. The number of rotatable bonds is 8. The van der Waals surface area contributed by atoms with Gasteiger partial charge in [-0.25, -0.2) is 15.8 Å². The van der Waals surface area contributed by atoms with E-state index in [9.17, 15) is 4.79 Å². The van der Waals surface area contributed by atoms with Gasteiger partial charge in [-0.15, -0.1) is 19.4 Å². The summed E-state index contributed by atoms with van der Waals surface area (Å²) in [5.74, 6) is 7.13. The molecule has 1 saturated carbocycles. The first-order chi connectivity index (χ1) is 18.8. The molecule has 1 fully saturated rings. The topological polar surface area (TPSA) is 150 Å². The van der Waals surface area contributed by atoms with Gasteiger partial charge in [0.15, 0.2) is 5.65 Å². The number of carbonyl (C=O) groups excluding carboxylic acids is 1. The Balaban J connectivity index is 1.17. The number of aryl methyl sites for hydroxylation is 2. The zero-order valence-corrected chi connectivity index (χ0v) is 22.9. The fourth-order valence-corrected chi connectivity index (χ4v) is 5.13. The summed E-state index contributed by atoms with van der Waals surface area (Å²) in [4.78, 5) is 22.0. The molecule has 1 atom stereocenters. The van der Waals surface area contributed by atoms with E-state index in [2.05, 4.69) is 42.0 Å². The van der Waals surface area contributed by atoms with Crippen LogP contribution in [0.2, 0.25) is 0 Å². The third-order valence-corrected chi connectivity index (χ3v) is 7.72. The van der Waals surface area contributed by atoms with E-state index >= 15 is 0 Å². The first kappa shape index (κ1) is 25.0. The van der Waals surface area contributed by atoms with Crippen LogP contribution < -0.4 is 22.2 Å². The minimum Gasteiger partial charge on any atom is -0.393 e. The van der Waals surface area contributed by atoms with Crippen molar-refractivity contribution in [2.45, 2.75) is 45.7 Å². The number of nitrogens with one attached hydrogen (secondary N) is 1. The molecule has 200 valence electrons. The van der Waals surface area contributed by atoms with E-state index in [1.807, 2.05) is 45.7 Å². The van der Waals surface area contributed by atoms with Gasteiger partial charge >= 0.3 is 0 Å². The van der Waals surface area contributed by atoms with E-state index in [1.54, 1.807) is 12.7 Å². The van der Waals surface area contributed by atoms with E-state index in [1.165, 1.54) is 29.6 Å². The number of hydrogen-bond acceptors (Lipinski definition) is 8. The third kappa shape index (κ3) is 4.84. The van der Waals surface area contributed by atoms with Gasteiger partial charge in [-0.05, 0) is 61.2 Å². The Labute approximate surface area is 226 Å². The molecular weight excluding hydrogens is 513 g/mol. The first-order valence-electron chi connectivity index (χ1n) is 12.6. The number of amides is 1. The maximum absolute atomic E-state index is 12.7. The van der Waals surface area contributed by atoms with E-state index < -0.39 is 5.91 Å². The van der Waals surface area contributed by atoms with Crippen LogP contribution in [0.4, 0.5) is 0 Å². The fourth-order valence-electron chi connectivity index (χ4n) is 4.72. The smallest absolute Gasteiger partial charge is 0.269 e. The van der Waals surface area contributed by atoms with Gasteiger partial charge < -0.3 is 24.9 Å². The molecule has 0 aromatic carbocycles. The summed E-state index contributed by atoms with van der Waals surface area (Å²) in [5, 5.41) is 13.4. The van der Waals surface area contributed by atoms with Crippen LogP contribution in [0.3, 0.4) is 0 Å². The lowest BCUT2D eigenvalue weighted by Crippen LogP contribution is -2.32. The number of hydrazine groups is 1. The van der Waals surface area contributed by atoms with E-state index in [4.69, 9.17) is 16.6 Å². The Kier molecular flexibility index (Phi) is 6.28. The van der Waals surface area contributed by atoms with Crippen LogP contribution in [0.5, 0.6) is 0 Å². The van der Waals surface area contributed by atoms with Gasteiger partial charge in [-0.1, -0.05) is 0 Å². The van der Waals surface area contributed by atoms with E-state index in [-0.39, 0.29) is 18.8 Å². The van der Waals surface area contributed by atoms with Crippen molar-refractivity contribution in [2.24, 2.45) is 11.6 Å². The number of aromatic nitrogens is 7. The molecule has 5 aromatic rings. The minimum absolute atomic E-state index is 0.0103. The normalized spacial score (nSPS) is 13.9. The maximum atomic E-state index is 12.7. The maximum Gasteiger partial charge on any atom is 0.269 e. The lowest BCUT2D eigenvalue weighted by Gasteiger charge is -2.13. The molecule has 6 rings (SSSR count). The van der Waals surface area contributed by atoms with Crippen LogP contribution in [0.25, 0.3) is 16.9 Å². The molecule has 0 aliphatic heterocycles. The summed E-state index contributed by atoms with van der Waals surface area (Å²) in [5.41, 5.74) is 12.6. The quantitative estimate of drug-likeness (QED) is 0.115. The van der Waals surface area contributed by atoms with Crippen LogP contribution >= 0.6 is 9.24 Å². The number of nitrogens with two attached hydrogens (primary N) is 2. The summed E-state index contributed by atoms with van der Waals surface area (Å²) in [7, 11) is 2.74. The number of nitrogens with zero attached hydrogens (tertiary/aromatic N) is 8. The average Bonchev–Trinajstić information content (AvgIpc) is 3.33. The van der Waals surface area contributed by atoms with Crippen molar-refractivity contribution < 1.29 is 4.79 Å². The van der Waals surface area contributed by atoms with Gasteiger partial charge in [-0.2, -0.15) is 0 Å². The van der Waals surface area contributed by atoms with Gasteiger partial charge in [0.1, 0.15) is 17.8 Å². The summed E-state index contributed by atoms with van der Waals surface area (Å²) in [6, 6.07) is 4.18. The van der Waals surface area contributed by atoms with Crippen molar-refractivity contribution in [2.75, 3.05) is 0 Å². The van der Waals surface area contributed by atoms with E-state index in [0.29, 0.717) is 5.92 Å². The number of pyridine rings is 2. The predicted octanol–water partition coefficient (Wildman–Crippen LogP) is 1.35. The van der Waals surface area contributed by atoms with Crippen molar-refractivity contribution >= 4 is 31.6 Å². The molecule has 0 bridgehead atoms. The van der Waals surface area contributed by atoms with Gasteiger partial charge in [0, 0.05) is 24.8 Å². The molecule has 1 aliphatic carbocycles. The lowest BCUT2D eigenvalue weighted by atomic mass is 10.2.